The van der Waals surface area contributed by atoms with Crippen LogP contribution in [0.15, 0.2) is 18.3 Å². The van der Waals surface area contributed by atoms with E-state index in [2.05, 4.69) is 10.3 Å². The lowest BCUT2D eigenvalue weighted by atomic mass is 10.1. The molecule has 0 aliphatic carbocycles. The van der Waals surface area contributed by atoms with E-state index >= 15 is 0 Å². The van der Waals surface area contributed by atoms with Crippen LogP contribution in [0.4, 0.5) is 5.13 Å². The highest BCUT2D eigenvalue weighted by molar-refractivity contribution is 7.15. The van der Waals surface area contributed by atoms with Gasteiger partial charge in [-0.2, -0.15) is 0 Å². The summed E-state index contributed by atoms with van der Waals surface area (Å²) in [7, 11) is 4.86. The number of nitrogens with two attached hydrogens (primary N) is 1. The molecule has 0 saturated carbocycles. The molecule has 2 rings (SSSR count). The zero-order chi connectivity index (χ0) is 16.7. The second-order valence-corrected chi connectivity index (χ2v) is 6.10. The summed E-state index contributed by atoms with van der Waals surface area (Å²) in [6, 6.07) is 3.96. The molecule has 9 heteroatoms. The molecule has 0 aliphatic heterocycles. The fourth-order valence-electron chi connectivity index (χ4n) is 2.29. The van der Waals surface area contributed by atoms with Gasteiger partial charge in [0.15, 0.2) is 16.6 Å². The van der Waals surface area contributed by atoms with Crippen LogP contribution >= 0.6 is 36.2 Å². The van der Waals surface area contributed by atoms with Gasteiger partial charge in [0.1, 0.15) is 0 Å². The molecule has 3 N–H and O–H groups in total. The van der Waals surface area contributed by atoms with E-state index in [4.69, 9.17) is 19.9 Å². The van der Waals surface area contributed by atoms with Crippen LogP contribution in [-0.2, 0) is 12.8 Å². The third kappa shape index (κ3) is 6.78. The summed E-state index contributed by atoms with van der Waals surface area (Å²) in [5.41, 5.74) is 6.75. The number of nitrogen functional groups attached to an aromatic ring is 1. The molecule has 0 aliphatic rings. The number of ether oxygens (including phenoxy) is 3. The Hall–Kier alpha value is -1.41. The molecule has 1 aromatic carbocycles. The Morgan fingerprint density at radius 1 is 1.00 bits per heavy atom. The Balaban J connectivity index is 0.00000288. The van der Waals surface area contributed by atoms with Gasteiger partial charge in [0, 0.05) is 17.6 Å². The monoisotopic (exact) mass is 409 g/mol. The van der Waals surface area contributed by atoms with Crippen molar-refractivity contribution >= 4 is 41.3 Å². The third-order valence-corrected chi connectivity index (χ3v) is 4.32. The van der Waals surface area contributed by atoms with Gasteiger partial charge in [-0.25, -0.2) is 4.98 Å². The van der Waals surface area contributed by atoms with Crippen LogP contribution in [0, 0.1) is 0 Å². The maximum Gasteiger partial charge on any atom is 0.203 e. The first-order valence-electron chi connectivity index (χ1n) is 7.37. The van der Waals surface area contributed by atoms with Gasteiger partial charge >= 0.3 is 0 Å². The largest absolute Gasteiger partial charge is 0.493 e. The average molecular weight is 410 g/mol. The number of hydrogen-bond acceptors (Lipinski definition) is 7. The van der Waals surface area contributed by atoms with Crippen molar-refractivity contribution in [2.45, 2.75) is 12.8 Å². The highest BCUT2D eigenvalue weighted by atomic mass is 35.5. The van der Waals surface area contributed by atoms with E-state index in [9.17, 15) is 0 Å². The van der Waals surface area contributed by atoms with Crippen LogP contribution in [0.1, 0.15) is 10.4 Å². The highest BCUT2D eigenvalue weighted by Crippen LogP contribution is 2.38. The summed E-state index contributed by atoms with van der Waals surface area (Å²) in [6.45, 7) is 1.76. The van der Waals surface area contributed by atoms with Crippen LogP contribution in [0.5, 0.6) is 17.2 Å². The third-order valence-electron chi connectivity index (χ3n) is 3.43. The molecule has 0 bridgehead atoms. The van der Waals surface area contributed by atoms with E-state index in [0.29, 0.717) is 22.4 Å². The number of methoxy groups -OCH3 is 3. The van der Waals surface area contributed by atoms with Crippen LogP contribution in [0.3, 0.4) is 0 Å². The number of anilines is 1. The Morgan fingerprint density at radius 3 is 2.08 bits per heavy atom. The van der Waals surface area contributed by atoms with Gasteiger partial charge in [-0.3, -0.25) is 0 Å². The van der Waals surface area contributed by atoms with E-state index < -0.39 is 0 Å². The number of benzene rings is 1. The molecule has 0 atom stereocenters. The number of thiazole rings is 1. The number of nitrogens with one attached hydrogen (secondary N) is 1. The molecule has 0 radical (unpaired) electrons. The molecule has 0 fully saturated rings. The van der Waals surface area contributed by atoms with Crippen molar-refractivity contribution in [1.82, 2.24) is 10.3 Å². The minimum absolute atomic E-state index is 0. The Bertz CT molecular complexity index is 616. The Kier molecular flexibility index (Phi) is 11.3. The Labute approximate surface area is 164 Å². The number of aromatic nitrogens is 1. The van der Waals surface area contributed by atoms with Crippen LogP contribution in [0.2, 0.25) is 0 Å². The number of rotatable bonds is 9. The topological polar surface area (TPSA) is 78.6 Å². The molecule has 0 unspecified atom stereocenters. The van der Waals surface area contributed by atoms with Crippen LogP contribution in [0.25, 0.3) is 0 Å². The SMILES string of the molecule is COc1cc(CCNCCc2cnc(N)s2)cc(OC)c1OC.Cl.Cl. The van der Waals surface area contributed by atoms with Crippen molar-refractivity contribution in [3.8, 4) is 17.2 Å². The maximum absolute atomic E-state index is 5.62. The molecule has 6 nitrogen and oxygen atoms in total. The first-order valence-corrected chi connectivity index (χ1v) is 8.19. The van der Waals surface area contributed by atoms with E-state index in [1.165, 1.54) is 16.2 Å². The summed E-state index contributed by atoms with van der Waals surface area (Å²) >= 11 is 1.54. The van der Waals surface area contributed by atoms with Gasteiger partial charge in [-0.05, 0) is 37.1 Å². The van der Waals surface area contributed by atoms with E-state index in [1.807, 2.05) is 18.3 Å². The zero-order valence-corrected chi connectivity index (χ0v) is 17.0. The van der Waals surface area contributed by atoms with Crippen molar-refractivity contribution in [3.63, 3.8) is 0 Å². The lowest BCUT2D eigenvalue weighted by Crippen LogP contribution is -2.19. The lowest BCUT2D eigenvalue weighted by Gasteiger charge is -2.14. The summed E-state index contributed by atoms with van der Waals surface area (Å²) in [5.74, 6) is 1.98. The molecule has 142 valence electrons. The number of hydrogen-bond donors (Lipinski definition) is 2. The quantitative estimate of drug-likeness (QED) is 0.619. The van der Waals surface area contributed by atoms with Crippen molar-refractivity contribution < 1.29 is 14.2 Å². The molecule has 0 amide bonds. The Morgan fingerprint density at radius 2 is 1.60 bits per heavy atom. The summed E-state index contributed by atoms with van der Waals surface area (Å²) in [4.78, 5) is 5.24. The van der Waals surface area contributed by atoms with Gasteiger partial charge in [0.2, 0.25) is 5.75 Å². The molecule has 2 aromatic rings. The minimum atomic E-state index is 0. The van der Waals surface area contributed by atoms with Gasteiger partial charge in [0.05, 0.1) is 21.3 Å². The average Bonchev–Trinajstić information content (AvgIpc) is 2.98. The summed E-state index contributed by atoms with van der Waals surface area (Å²) < 4.78 is 16.1. The molecular weight excluding hydrogens is 385 g/mol. The van der Waals surface area contributed by atoms with Crippen molar-refractivity contribution in [3.05, 3.63) is 28.8 Å². The fraction of sp³-hybridized carbons (Fsp3) is 0.438. The molecule has 0 spiro atoms. The molecule has 25 heavy (non-hydrogen) atoms. The van der Waals surface area contributed by atoms with Gasteiger partial charge < -0.3 is 25.3 Å². The van der Waals surface area contributed by atoms with Gasteiger partial charge in [-0.15, -0.1) is 36.2 Å². The van der Waals surface area contributed by atoms with Crippen molar-refractivity contribution in [1.29, 1.82) is 0 Å². The number of halogens is 2. The fourth-order valence-corrected chi connectivity index (χ4v) is 2.97. The van der Waals surface area contributed by atoms with E-state index in [0.717, 1.165) is 31.5 Å². The van der Waals surface area contributed by atoms with E-state index in [-0.39, 0.29) is 24.8 Å². The molecule has 0 saturated heterocycles. The highest BCUT2D eigenvalue weighted by Gasteiger charge is 2.12. The predicted molar refractivity (Wildman–Crippen MR) is 107 cm³/mol. The van der Waals surface area contributed by atoms with Gasteiger partial charge in [0.25, 0.3) is 0 Å². The minimum Gasteiger partial charge on any atom is -0.493 e. The maximum atomic E-state index is 5.62. The normalized spacial score (nSPS) is 9.72. The lowest BCUT2D eigenvalue weighted by molar-refractivity contribution is 0.323. The molecule has 1 heterocycles. The zero-order valence-electron chi connectivity index (χ0n) is 14.5. The molecular formula is C16H25Cl2N3O3S. The number of nitrogens with zero attached hydrogens (tertiary/aromatic N) is 1. The summed E-state index contributed by atoms with van der Waals surface area (Å²) in [5, 5.41) is 4.04. The second kappa shape index (κ2) is 12.0. The smallest absolute Gasteiger partial charge is 0.203 e. The second-order valence-electron chi connectivity index (χ2n) is 4.95. The van der Waals surface area contributed by atoms with Crippen LogP contribution < -0.4 is 25.3 Å². The first-order chi connectivity index (χ1) is 11.2. The van der Waals surface area contributed by atoms with Crippen molar-refractivity contribution in [2.75, 3.05) is 40.2 Å². The predicted octanol–water partition coefficient (Wildman–Crippen LogP) is 2.97. The van der Waals surface area contributed by atoms with Crippen LogP contribution in [-0.4, -0.2) is 39.4 Å². The first kappa shape index (κ1) is 23.6. The summed E-state index contributed by atoms with van der Waals surface area (Å²) in [6.07, 6.45) is 3.65. The standard InChI is InChI=1S/C16H23N3O3S.2ClH/c1-20-13-8-11(9-14(21-2)15(13)22-3)4-6-18-7-5-12-10-19-16(17)23-12;;/h8-10,18H,4-7H2,1-3H3,(H2,17,19);2*1H. The molecule has 1 aromatic heterocycles. The van der Waals surface area contributed by atoms with Crippen molar-refractivity contribution in [2.24, 2.45) is 0 Å². The van der Waals surface area contributed by atoms with E-state index in [1.54, 1.807) is 21.3 Å². The van der Waals surface area contributed by atoms with Gasteiger partial charge in [-0.1, -0.05) is 0 Å².